The second-order valence-corrected chi connectivity index (χ2v) is 15.5. The molecule has 43 heavy (non-hydrogen) atoms. The summed E-state index contributed by atoms with van der Waals surface area (Å²) in [5, 5.41) is -3.85. The average Bonchev–Trinajstić information content (AvgIpc) is 3.03. The lowest BCUT2D eigenvalue weighted by atomic mass is 10.1. The summed E-state index contributed by atoms with van der Waals surface area (Å²) < 4.78 is 67.7. The number of esters is 1. The van der Waals surface area contributed by atoms with Gasteiger partial charge in [0.25, 0.3) is 0 Å². The lowest BCUT2D eigenvalue weighted by Gasteiger charge is -2.39. The van der Waals surface area contributed by atoms with Crippen molar-refractivity contribution in [2.75, 3.05) is 11.9 Å². The van der Waals surface area contributed by atoms with Gasteiger partial charge in [0.2, 0.25) is 0 Å². The third-order valence-electron chi connectivity index (χ3n) is 6.98. The van der Waals surface area contributed by atoms with Crippen molar-refractivity contribution in [3.63, 3.8) is 0 Å². The van der Waals surface area contributed by atoms with E-state index >= 15 is 8.78 Å². The average molecular weight is 700 g/mol. The van der Waals surface area contributed by atoms with Crippen LogP contribution in [0, 0.1) is 0 Å². The van der Waals surface area contributed by atoms with Gasteiger partial charge in [-0.1, -0.05) is 128 Å². The molecule has 0 N–H and O–H groups in total. The molecule has 0 aliphatic carbocycles. The van der Waals surface area contributed by atoms with Crippen molar-refractivity contribution in [3.8, 4) is 0 Å². The van der Waals surface area contributed by atoms with E-state index in [-0.39, 0.29) is 6.61 Å². The third kappa shape index (κ3) is 9.86. The summed E-state index contributed by atoms with van der Waals surface area (Å²) in [5.74, 6) is -2.13. The Bertz CT molecular complexity index is 1230. The van der Waals surface area contributed by atoms with Gasteiger partial charge in [0.1, 0.15) is 0 Å². The van der Waals surface area contributed by atoms with Crippen molar-refractivity contribution in [1.29, 1.82) is 0 Å². The Morgan fingerprint density at radius 3 is 1.33 bits per heavy atom. The number of alkyl halides is 3. The van der Waals surface area contributed by atoms with Crippen LogP contribution in [0.1, 0.15) is 70.6 Å². The van der Waals surface area contributed by atoms with E-state index in [1.807, 2.05) is 0 Å². The van der Waals surface area contributed by atoms with E-state index < -0.39 is 31.7 Å². The van der Waals surface area contributed by atoms with E-state index in [1.165, 1.54) is 38.5 Å². The van der Waals surface area contributed by atoms with Gasteiger partial charge in [-0.15, -0.1) is 0 Å². The molecule has 0 aliphatic rings. The zero-order valence-electron chi connectivity index (χ0n) is 24.3. The van der Waals surface area contributed by atoms with Crippen LogP contribution in [0.3, 0.4) is 0 Å². The highest BCUT2D eigenvalue weighted by atomic mass is 79.9. The van der Waals surface area contributed by atoms with Crippen molar-refractivity contribution in [1.82, 2.24) is 0 Å². The molecule has 0 heterocycles. The fourth-order valence-corrected chi connectivity index (χ4v) is 10.1. The zero-order valence-corrected chi connectivity index (χ0v) is 27.6. The highest BCUT2D eigenvalue weighted by Gasteiger charge is 2.58. The Hall–Kier alpha value is -2.27. The number of halogens is 3. The molecule has 0 atom stereocenters. The lowest BCUT2D eigenvalue weighted by molar-refractivity contribution is -0.161. The molecule has 0 spiro atoms. The van der Waals surface area contributed by atoms with Gasteiger partial charge in [-0.25, -0.2) is 8.42 Å². The van der Waals surface area contributed by atoms with Crippen LogP contribution < -0.4 is 0 Å². The van der Waals surface area contributed by atoms with E-state index in [1.54, 1.807) is 91.0 Å². The van der Waals surface area contributed by atoms with E-state index in [0.717, 1.165) is 24.6 Å². The molecule has 5 nitrogen and oxygen atoms in total. The minimum absolute atomic E-state index is 0.286. The van der Waals surface area contributed by atoms with Crippen LogP contribution in [0.25, 0.3) is 0 Å². The summed E-state index contributed by atoms with van der Waals surface area (Å²) in [6.07, 6.45) is 11.5. The summed E-state index contributed by atoms with van der Waals surface area (Å²) in [6.45, 7) is -0.286. The Kier molecular flexibility index (Phi) is 14.6. The molecule has 0 aromatic heterocycles. The first-order chi connectivity index (χ1) is 20.8. The van der Waals surface area contributed by atoms with Gasteiger partial charge < -0.3 is 4.74 Å². The number of benzene rings is 3. The number of hydrogen-bond donors (Lipinski definition) is 0. The van der Waals surface area contributed by atoms with Crippen LogP contribution in [-0.4, -0.2) is 31.6 Å². The Balaban J connectivity index is 1.64. The fourth-order valence-electron chi connectivity index (χ4n) is 4.68. The number of hydrogen-bond acceptors (Lipinski definition) is 5. The molecule has 10 heteroatoms. The van der Waals surface area contributed by atoms with E-state index in [0.29, 0.717) is 27.5 Å². The van der Waals surface area contributed by atoms with Crippen LogP contribution in [0.5, 0.6) is 0 Å². The molecule has 0 radical (unpaired) electrons. The molecule has 0 saturated heterocycles. The van der Waals surface area contributed by atoms with Crippen LogP contribution >= 0.6 is 26.2 Å². The smallest absolute Gasteiger partial charge is 0.460 e. The Labute approximate surface area is 265 Å². The summed E-state index contributed by atoms with van der Waals surface area (Å²) in [7, 11) is -9.04. The van der Waals surface area contributed by atoms with Crippen LogP contribution in [0.4, 0.5) is 8.78 Å². The minimum atomic E-state index is -5.80. The molecule has 0 aliphatic heterocycles. The van der Waals surface area contributed by atoms with E-state index in [2.05, 4.69) is 15.9 Å². The summed E-state index contributed by atoms with van der Waals surface area (Å²) in [4.78, 5) is 13.6. The number of carbonyl (C=O) groups is 1. The van der Waals surface area contributed by atoms with E-state index in [4.69, 9.17) is 8.37 Å². The number of rotatable bonds is 20. The molecule has 0 unspecified atom stereocenters. The standard InChI is InChI=1S/C33H41BrF2O5S2/c34-27-19-8-6-4-2-1-3-5-7-9-20-28-40-32(37)33(35,36)43(38,39)41-42(29-21-13-10-14-22-29,30-23-15-11-16-24-30)31-25-17-12-18-26-31/h10-18,21-26H,1-9,19-20,27-28H2. The summed E-state index contributed by atoms with van der Waals surface area (Å²) in [5.41, 5.74) is 0. The lowest BCUT2D eigenvalue weighted by Crippen LogP contribution is -2.41. The first-order valence-electron chi connectivity index (χ1n) is 14.8. The predicted molar refractivity (Wildman–Crippen MR) is 172 cm³/mol. The van der Waals surface area contributed by atoms with Crippen LogP contribution in [0.2, 0.25) is 0 Å². The summed E-state index contributed by atoms with van der Waals surface area (Å²) in [6, 6.07) is 25.1. The molecular weight excluding hydrogens is 658 g/mol. The second kappa shape index (κ2) is 17.9. The van der Waals surface area contributed by atoms with E-state index in [9.17, 15) is 13.2 Å². The van der Waals surface area contributed by atoms with Gasteiger partial charge in [0.15, 0.2) is 0 Å². The van der Waals surface area contributed by atoms with Gasteiger partial charge in [-0.2, -0.15) is 17.2 Å². The van der Waals surface area contributed by atoms with Gasteiger partial charge in [-0.05, 0) is 59.5 Å². The quantitative estimate of drug-likeness (QED) is 0.0667. The molecule has 0 amide bonds. The molecule has 3 rings (SSSR count). The summed E-state index contributed by atoms with van der Waals surface area (Å²) >= 11 is 3.44. The van der Waals surface area contributed by atoms with Gasteiger partial charge in [0, 0.05) is 20.0 Å². The second-order valence-electron chi connectivity index (χ2n) is 10.2. The van der Waals surface area contributed by atoms with Crippen molar-refractivity contribution >= 4 is 42.3 Å². The monoisotopic (exact) mass is 698 g/mol. The van der Waals surface area contributed by atoms with Gasteiger partial charge in [-0.3, -0.25) is 0 Å². The zero-order chi connectivity index (χ0) is 31.0. The molecular formula is C33H41BrF2O5S2. The van der Waals surface area contributed by atoms with Gasteiger partial charge >= 0.3 is 21.3 Å². The van der Waals surface area contributed by atoms with Crippen molar-refractivity contribution in [2.24, 2.45) is 0 Å². The Morgan fingerprint density at radius 2 is 0.953 bits per heavy atom. The molecule has 0 saturated carbocycles. The Morgan fingerprint density at radius 1 is 0.605 bits per heavy atom. The van der Waals surface area contributed by atoms with Crippen molar-refractivity contribution < 1.29 is 30.4 Å². The minimum Gasteiger partial charge on any atom is -0.460 e. The SMILES string of the molecule is O=C(OCCCCCCCCCCCCCBr)C(F)(F)S(=O)(=O)OS(c1ccccc1)(c1ccccc1)c1ccccc1. The van der Waals surface area contributed by atoms with Gasteiger partial charge in [0.05, 0.1) is 6.61 Å². The maximum atomic E-state index is 15.3. The highest BCUT2D eigenvalue weighted by molar-refractivity contribution is 9.09. The van der Waals surface area contributed by atoms with Crippen LogP contribution in [-0.2, 0) is 23.3 Å². The normalized spacial score (nSPS) is 12.6. The predicted octanol–water partition coefficient (Wildman–Crippen LogP) is 10.1. The molecule has 0 bridgehead atoms. The first-order valence-corrected chi connectivity index (χ1v) is 18.9. The molecule has 0 fully saturated rings. The van der Waals surface area contributed by atoms with Crippen molar-refractivity contribution in [2.45, 2.75) is 90.6 Å². The highest BCUT2D eigenvalue weighted by Crippen LogP contribution is 2.70. The largest absolute Gasteiger partial charge is 0.466 e. The number of unbranched alkanes of at least 4 members (excludes halogenated alkanes) is 10. The number of ether oxygens (including phenoxy) is 1. The van der Waals surface area contributed by atoms with Crippen molar-refractivity contribution in [3.05, 3.63) is 91.0 Å². The first kappa shape index (κ1) is 35.2. The molecule has 236 valence electrons. The maximum Gasteiger partial charge on any atom is 0.466 e. The maximum absolute atomic E-state index is 15.3. The molecule has 3 aromatic rings. The third-order valence-corrected chi connectivity index (χ3v) is 12.7. The topological polar surface area (TPSA) is 69.7 Å². The van der Waals surface area contributed by atoms with Crippen LogP contribution in [0.15, 0.2) is 106 Å². The number of carbonyl (C=O) groups excluding carboxylic acids is 1. The molecule has 3 aromatic carbocycles. The fraction of sp³-hybridized carbons (Fsp3) is 0.424.